The molecule has 0 unspecified atom stereocenters. The van der Waals surface area contributed by atoms with Crippen molar-refractivity contribution in [3.8, 4) is 5.75 Å². The summed E-state index contributed by atoms with van der Waals surface area (Å²) in [5, 5.41) is 3.15. The average Bonchev–Trinajstić information content (AvgIpc) is 2.90. The first-order valence-corrected chi connectivity index (χ1v) is 9.76. The summed E-state index contributed by atoms with van der Waals surface area (Å²) in [5.41, 5.74) is 1.15. The predicted molar refractivity (Wildman–Crippen MR) is 103 cm³/mol. The molecule has 1 N–H and O–H groups in total. The van der Waals surface area contributed by atoms with Crippen LogP contribution in [0.5, 0.6) is 5.75 Å². The van der Waals surface area contributed by atoms with Crippen LogP contribution in [0, 0.1) is 0 Å². The van der Waals surface area contributed by atoms with Gasteiger partial charge in [0.15, 0.2) is 0 Å². The minimum absolute atomic E-state index is 0.0146. The second-order valence-corrected chi connectivity index (χ2v) is 7.11. The van der Waals surface area contributed by atoms with Gasteiger partial charge in [0.25, 0.3) is 0 Å². The van der Waals surface area contributed by atoms with Gasteiger partial charge in [0.1, 0.15) is 5.75 Å². The van der Waals surface area contributed by atoms with Gasteiger partial charge in [-0.1, -0.05) is 37.8 Å². The largest absolute Gasteiger partial charge is 0.497 e. The molecule has 1 saturated carbocycles. The number of rotatable bonds is 8. The molecule has 5 nitrogen and oxygen atoms in total. The van der Waals surface area contributed by atoms with Crippen molar-refractivity contribution in [2.45, 2.75) is 64.3 Å². The van der Waals surface area contributed by atoms with Gasteiger partial charge < -0.3 is 15.0 Å². The number of amides is 2. The van der Waals surface area contributed by atoms with Gasteiger partial charge in [0.05, 0.1) is 7.11 Å². The number of carbonyl (C=O) groups is 2. The number of carbonyl (C=O) groups excluding carboxylic acids is 2. The molecular weight excluding hydrogens is 328 g/mol. The van der Waals surface area contributed by atoms with Crippen LogP contribution in [-0.4, -0.2) is 43.0 Å². The van der Waals surface area contributed by atoms with Gasteiger partial charge in [-0.25, -0.2) is 0 Å². The molecule has 1 aliphatic rings. The van der Waals surface area contributed by atoms with Gasteiger partial charge in [-0.05, 0) is 37.0 Å². The quantitative estimate of drug-likeness (QED) is 0.724. The van der Waals surface area contributed by atoms with E-state index in [1.54, 1.807) is 18.9 Å². The third-order valence-corrected chi connectivity index (χ3v) is 5.10. The third-order valence-electron chi connectivity index (χ3n) is 5.10. The lowest BCUT2D eigenvalue weighted by molar-refractivity contribution is -0.129. The monoisotopic (exact) mass is 360 g/mol. The Hall–Kier alpha value is -2.04. The first kappa shape index (κ1) is 20.3. The topological polar surface area (TPSA) is 58.6 Å². The van der Waals surface area contributed by atoms with Crippen LogP contribution in [0.4, 0.5) is 0 Å². The zero-order valence-corrected chi connectivity index (χ0v) is 16.1. The molecule has 26 heavy (non-hydrogen) atoms. The summed E-state index contributed by atoms with van der Waals surface area (Å²) in [6.07, 6.45) is 8.26. The highest BCUT2D eigenvalue weighted by atomic mass is 16.5. The van der Waals surface area contributed by atoms with Crippen LogP contribution in [-0.2, 0) is 16.0 Å². The molecule has 1 aliphatic carbocycles. The summed E-state index contributed by atoms with van der Waals surface area (Å²) in [6, 6.07) is 8.18. The van der Waals surface area contributed by atoms with E-state index in [1.165, 1.54) is 25.7 Å². The maximum atomic E-state index is 12.2. The molecule has 1 aromatic carbocycles. The van der Waals surface area contributed by atoms with Crippen molar-refractivity contribution in [1.82, 2.24) is 10.2 Å². The second kappa shape index (κ2) is 10.8. The number of benzene rings is 1. The number of methoxy groups -OCH3 is 1. The van der Waals surface area contributed by atoms with Crippen molar-refractivity contribution in [2.24, 2.45) is 0 Å². The van der Waals surface area contributed by atoms with Crippen LogP contribution in [0.1, 0.15) is 57.4 Å². The number of hydrogen-bond donors (Lipinski definition) is 1. The standard InChI is InChI=1S/C21H32N2O3/c1-17(24)23(15-13-18-9-11-20(26-2)12-10-18)16-14-21(25)22-19-7-5-3-4-6-8-19/h9-12,19H,3-8,13-16H2,1-2H3,(H,22,25). The maximum absolute atomic E-state index is 12.2. The molecule has 0 atom stereocenters. The number of nitrogens with zero attached hydrogens (tertiary/aromatic N) is 1. The molecule has 2 rings (SSSR count). The Kier molecular flexibility index (Phi) is 8.45. The molecule has 5 heteroatoms. The Morgan fingerprint density at radius 3 is 2.31 bits per heavy atom. The van der Waals surface area contributed by atoms with E-state index >= 15 is 0 Å². The summed E-state index contributed by atoms with van der Waals surface area (Å²) < 4.78 is 5.16. The Balaban J connectivity index is 1.75. The van der Waals surface area contributed by atoms with Crippen molar-refractivity contribution >= 4 is 11.8 Å². The Morgan fingerprint density at radius 1 is 1.08 bits per heavy atom. The minimum atomic E-state index is 0.0146. The van der Waals surface area contributed by atoms with Gasteiger partial charge in [-0.2, -0.15) is 0 Å². The first-order chi connectivity index (χ1) is 12.6. The van der Waals surface area contributed by atoms with Crippen molar-refractivity contribution in [1.29, 1.82) is 0 Å². The fraction of sp³-hybridized carbons (Fsp3) is 0.619. The first-order valence-electron chi connectivity index (χ1n) is 9.76. The van der Waals surface area contributed by atoms with Crippen LogP contribution >= 0.6 is 0 Å². The van der Waals surface area contributed by atoms with Crippen molar-refractivity contribution in [3.05, 3.63) is 29.8 Å². The molecule has 1 aromatic rings. The lowest BCUT2D eigenvalue weighted by atomic mass is 10.1. The smallest absolute Gasteiger partial charge is 0.221 e. The van der Waals surface area contributed by atoms with Crippen LogP contribution in [0.3, 0.4) is 0 Å². The molecule has 0 aliphatic heterocycles. The van der Waals surface area contributed by atoms with Crippen molar-refractivity contribution in [2.75, 3.05) is 20.2 Å². The molecule has 1 fully saturated rings. The second-order valence-electron chi connectivity index (χ2n) is 7.11. The molecule has 0 saturated heterocycles. The van der Waals surface area contributed by atoms with Gasteiger partial charge in [0, 0.05) is 32.5 Å². The van der Waals surface area contributed by atoms with E-state index in [4.69, 9.17) is 4.74 Å². The number of ether oxygens (including phenoxy) is 1. The molecule has 2 amide bonds. The van der Waals surface area contributed by atoms with Gasteiger partial charge in [-0.3, -0.25) is 9.59 Å². The van der Waals surface area contributed by atoms with Gasteiger partial charge >= 0.3 is 0 Å². The summed E-state index contributed by atoms with van der Waals surface area (Å²) in [7, 11) is 1.65. The van der Waals surface area contributed by atoms with Crippen LogP contribution in [0.15, 0.2) is 24.3 Å². The minimum Gasteiger partial charge on any atom is -0.497 e. The maximum Gasteiger partial charge on any atom is 0.221 e. The lowest BCUT2D eigenvalue weighted by Crippen LogP contribution is -2.38. The van der Waals surface area contributed by atoms with Crippen molar-refractivity contribution in [3.63, 3.8) is 0 Å². The summed E-state index contributed by atoms with van der Waals surface area (Å²) in [6.45, 7) is 2.67. The SMILES string of the molecule is COc1ccc(CCN(CCC(=O)NC2CCCCCC2)C(C)=O)cc1. The van der Waals surface area contributed by atoms with E-state index in [0.29, 0.717) is 25.6 Å². The van der Waals surface area contributed by atoms with E-state index in [2.05, 4.69) is 5.32 Å². The number of hydrogen-bond acceptors (Lipinski definition) is 3. The Labute approximate surface area is 157 Å². The summed E-state index contributed by atoms with van der Waals surface area (Å²) in [5.74, 6) is 0.903. The van der Waals surface area contributed by atoms with Crippen LogP contribution < -0.4 is 10.1 Å². The highest BCUT2D eigenvalue weighted by Gasteiger charge is 2.16. The third kappa shape index (κ3) is 7.06. The molecule has 0 bridgehead atoms. The molecule has 0 spiro atoms. The number of nitrogens with one attached hydrogen (secondary N) is 1. The molecule has 0 radical (unpaired) electrons. The molecule has 0 aromatic heterocycles. The van der Waals surface area contributed by atoms with E-state index < -0.39 is 0 Å². The van der Waals surface area contributed by atoms with Gasteiger partial charge in [-0.15, -0.1) is 0 Å². The molecule has 0 heterocycles. The highest BCUT2D eigenvalue weighted by Crippen LogP contribution is 2.17. The van der Waals surface area contributed by atoms with E-state index in [0.717, 1.165) is 30.6 Å². The molecule has 144 valence electrons. The van der Waals surface area contributed by atoms with Crippen LogP contribution in [0.2, 0.25) is 0 Å². The predicted octanol–water partition coefficient (Wildman–Crippen LogP) is 3.32. The van der Waals surface area contributed by atoms with Crippen LogP contribution in [0.25, 0.3) is 0 Å². The van der Waals surface area contributed by atoms with E-state index in [-0.39, 0.29) is 11.8 Å². The average molecular weight is 360 g/mol. The lowest BCUT2D eigenvalue weighted by Gasteiger charge is -2.22. The van der Waals surface area contributed by atoms with Crippen molar-refractivity contribution < 1.29 is 14.3 Å². The normalized spacial score (nSPS) is 15.2. The Morgan fingerprint density at radius 2 is 1.73 bits per heavy atom. The zero-order chi connectivity index (χ0) is 18.8. The fourth-order valence-corrected chi connectivity index (χ4v) is 3.44. The zero-order valence-electron chi connectivity index (χ0n) is 16.1. The summed E-state index contributed by atoms with van der Waals surface area (Å²) in [4.78, 5) is 25.9. The summed E-state index contributed by atoms with van der Waals surface area (Å²) >= 11 is 0. The van der Waals surface area contributed by atoms with E-state index in [1.807, 2.05) is 24.3 Å². The Bertz CT molecular complexity index is 563. The fourth-order valence-electron chi connectivity index (χ4n) is 3.44. The molecular formula is C21H32N2O3. The highest BCUT2D eigenvalue weighted by molar-refractivity contribution is 5.78. The van der Waals surface area contributed by atoms with Gasteiger partial charge in [0.2, 0.25) is 11.8 Å². The van der Waals surface area contributed by atoms with E-state index in [9.17, 15) is 9.59 Å².